The lowest BCUT2D eigenvalue weighted by atomic mass is 10.0. The maximum absolute atomic E-state index is 5.87. The molecule has 1 N–H and O–H groups in total. The van der Waals surface area contributed by atoms with E-state index in [1.807, 2.05) is 0 Å². The van der Waals surface area contributed by atoms with Gasteiger partial charge in [-0.05, 0) is 18.3 Å². The van der Waals surface area contributed by atoms with E-state index >= 15 is 0 Å². The molecule has 3 rings (SSSR count). The van der Waals surface area contributed by atoms with Crippen molar-refractivity contribution >= 4 is 0 Å². The SMILES string of the molecule is CCCC1CC1CN1CCC2(CC1)NCCO2. The van der Waals surface area contributed by atoms with E-state index in [9.17, 15) is 0 Å². The minimum Gasteiger partial charge on any atom is -0.359 e. The first kappa shape index (κ1) is 11.9. The van der Waals surface area contributed by atoms with E-state index in [2.05, 4.69) is 17.1 Å². The van der Waals surface area contributed by atoms with Gasteiger partial charge in [0.05, 0.1) is 6.61 Å². The highest BCUT2D eigenvalue weighted by atomic mass is 16.5. The summed E-state index contributed by atoms with van der Waals surface area (Å²) in [6.07, 6.45) is 6.66. The van der Waals surface area contributed by atoms with Gasteiger partial charge in [-0.15, -0.1) is 0 Å². The Balaban J connectivity index is 1.40. The van der Waals surface area contributed by atoms with Crippen LogP contribution in [0, 0.1) is 11.8 Å². The topological polar surface area (TPSA) is 24.5 Å². The number of ether oxygens (including phenoxy) is 1. The van der Waals surface area contributed by atoms with E-state index in [0.717, 1.165) is 25.0 Å². The van der Waals surface area contributed by atoms with Gasteiger partial charge in [0.2, 0.25) is 0 Å². The molecule has 1 spiro atoms. The molecule has 2 saturated heterocycles. The predicted molar refractivity (Wildman–Crippen MR) is 68.9 cm³/mol. The second kappa shape index (κ2) is 4.87. The smallest absolute Gasteiger partial charge is 0.121 e. The monoisotopic (exact) mass is 238 g/mol. The van der Waals surface area contributed by atoms with Crippen LogP contribution >= 0.6 is 0 Å². The lowest BCUT2D eigenvalue weighted by Gasteiger charge is -2.38. The third-order valence-corrected chi connectivity index (χ3v) is 4.81. The lowest BCUT2D eigenvalue weighted by Crippen LogP contribution is -2.51. The molecule has 0 bridgehead atoms. The van der Waals surface area contributed by atoms with E-state index in [4.69, 9.17) is 4.74 Å². The summed E-state index contributed by atoms with van der Waals surface area (Å²) in [7, 11) is 0. The van der Waals surface area contributed by atoms with Gasteiger partial charge in [-0.3, -0.25) is 5.32 Å². The summed E-state index contributed by atoms with van der Waals surface area (Å²) in [6, 6.07) is 0. The molecule has 0 aromatic carbocycles. The predicted octanol–water partition coefficient (Wildman–Crippen LogP) is 1.83. The molecule has 0 amide bonds. The summed E-state index contributed by atoms with van der Waals surface area (Å²) in [5, 5.41) is 3.54. The zero-order valence-electron chi connectivity index (χ0n) is 11.1. The number of hydrogen-bond acceptors (Lipinski definition) is 3. The summed E-state index contributed by atoms with van der Waals surface area (Å²) in [5.74, 6) is 2.07. The van der Waals surface area contributed by atoms with Crippen LogP contribution in [-0.2, 0) is 4.74 Å². The lowest BCUT2D eigenvalue weighted by molar-refractivity contribution is -0.0570. The molecule has 3 nitrogen and oxygen atoms in total. The van der Waals surface area contributed by atoms with Gasteiger partial charge in [0.15, 0.2) is 0 Å². The Labute approximate surface area is 105 Å². The van der Waals surface area contributed by atoms with Crippen LogP contribution in [0.1, 0.15) is 39.0 Å². The molecule has 1 aliphatic carbocycles. The maximum Gasteiger partial charge on any atom is 0.121 e. The first-order valence-electron chi connectivity index (χ1n) is 7.43. The Hall–Kier alpha value is -0.120. The van der Waals surface area contributed by atoms with Gasteiger partial charge in [0, 0.05) is 39.0 Å². The van der Waals surface area contributed by atoms with E-state index in [-0.39, 0.29) is 5.72 Å². The summed E-state index contributed by atoms with van der Waals surface area (Å²) < 4.78 is 5.87. The maximum atomic E-state index is 5.87. The Morgan fingerprint density at radius 1 is 1.29 bits per heavy atom. The zero-order valence-corrected chi connectivity index (χ0v) is 11.1. The number of nitrogens with one attached hydrogen (secondary N) is 1. The summed E-state index contributed by atoms with van der Waals surface area (Å²) >= 11 is 0. The molecule has 3 aliphatic rings. The highest BCUT2D eigenvalue weighted by Gasteiger charge is 2.41. The molecule has 2 heterocycles. The van der Waals surface area contributed by atoms with Gasteiger partial charge in [-0.2, -0.15) is 0 Å². The van der Waals surface area contributed by atoms with Gasteiger partial charge in [0.25, 0.3) is 0 Å². The van der Waals surface area contributed by atoms with Crippen molar-refractivity contribution in [2.45, 2.75) is 44.8 Å². The third-order valence-electron chi connectivity index (χ3n) is 4.81. The quantitative estimate of drug-likeness (QED) is 0.809. The standard InChI is InChI=1S/C14H26N2O/c1-2-3-12-10-13(12)11-16-7-4-14(5-8-16)15-6-9-17-14/h12-13,15H,2-11H2,1H3. The van der Waals surface area contributed by atoms with E-state index in [1.165, 1.54) is 51.7 Å². The molecule has 17 heavy (non-hydrogen) atoms. The van der Waals surface area contributed by atoms with Crippen LogP contribution in [0.3, 0.4) is 0 Å². The molecule has 1 saturated carbocycles. The number of nitrogens with zero attached hydrogens (tertiary/aromatic N) is 1. The fraction of sp³-hybridized carbons (Fsp3) is 1.00. The normalized spacial score (nSPS) is 36.5. The second-order valence-corrected chi connectivity index (χ2v) is 6.11. The first-order chi connectivity index (χ1) is 8.31. The second-order valence-electron chi connectivity index (χ2n) is 6.11. The number of hydrogen-bond donors (Lipinski definition) is 1. The highest BCUT2D eigenvalue weighted by Crippen LogP contribution is 2.43. The number of likely N-dealkylation sites (tertiary alicyclic amines) is 1. The number of rotatable bonds is 4. The Bertz CT molecular complexity index is 253. The van der Waals surface area contributed by atoms with Crippen molar-refractivity contribution < 1.29 is 4.74 Å². The fourth-order valence-electron chi connectivity index (χ4n) is 3.58. The van der Waals surface area contributed by atoms with Crippen molar-refractivity contribution in [2.24, 2.45) is 11.8 Å². The van der Waals surface area contributed by atoms with Crippen LogP contribution < -0.4 is 5.32 Å². The molecule has 2 aliphatic heterocycles. The van der Waals surface area contributed by atoms with Gasteiger partial charge < -0.3 is 9.64 Å². The van der Waals surface area contributed by atoms with Crippen molar-refractivity contribution in [3.63, 3.8) is 0 Å². The van der Waals surface area contributed by atoms with Crippen molar-refractivity contribution in [1.82, 2.24) is 10.2 Å². The van der Waals surface area contributed by atoms with Crippen molar-refractivity contribution in [2.75, 3.05) is 32.8 Å². The van der Waals surface area contributed by atoms with Crippen LogP contribution in [-0.4, -0.2) is 43.4 Å². The highest BCUT2D eigenvalue weighted by molar-refractivity contribution is 4.92. The van der Waals surface area contributed by atoms with Crippen molar-refractivity contribution in [3.8, 4) is 0 Å². The Morgan fingerprint density at radius 2 is 2.12 bits per heavy atom. The van der Waals surface area contributed by atoms with Crippen molar-refractivity contribution in [1.29, 1.82) is 0 Å². The Kier molecular flexibility index (Phi) is 3.42. The van der Waals surface area contributed by atoms with Gasteiger partial charge >= 0.3 is 0 Å². The molecule has 0 aromatic rings. The minimum absolute atomic E-state index is 0.0584. The molecule has 0 aromatic heterocycles. The zero-order chi connectivity index (χ0) is 11.7. The van der Waals surface area contributed by atoms with Gasteiger partial charge in [0.1, 0.15) is 5.72 Å². The summed E-state index contributed by atoms with van der Waals surface area (Å²) in [6.45, 7) is 8.05. The summed E-state index contributed by atoms with van der Waals surface area (Å²) in [5.41, 5.74) is 0.0584. The third kappa shape index (κ3) is 2.67. The van der Waals surface area contributed by atoms with Gasteiger partial charge in [-0.25, -0.2) is 0 Å². The molecule has 3 heteroatoms. The molecule has 0 radical (unpaired) electrons. The Morgan fingerprint density at radius 3 is 2.76 bits per heavy atom. The molecule has 2 unspecified atom stereocenters. The fourth-order valence-corrected chi connectivity index (χ4v) is 3.58. The average molecular weight is 238 g/mol. The number of piperidine rings is 1. The van der Waals surface area contributed by atoms with Crippen LogP contribution in [0.25, 0.3) is 0 Å². The van der Waals surface area contributed by atoms with E-state index in [1.54, 1.807) is 0 Å². The van der Waals surface area contributed by atoms with Crippen molar-refractivity contribution in [3.05, 3.63) is 0 Å². The van der Waals surface area contributed by atoms with Crippen LogP contribution in [0.15, 0.2) is 0 Å². The molecule has 3 fully saturated rings. The van der Waals surface area contributed by atoms with Crippen LogP contribution in [0.2, 0.25) is 0 Å². The largest absolute Gasteiger partial charge is 0.359 e. The van der Waals surface area contributed by atoms with Crippen LogP contribution in [0.5, 0.6) is 0 Å². The average Bonchev–Trinajstić information content (AvgIpc) is 2.90. The molecular weight excluding hydrogens is 212 g/mol. The van der Waals surface area contributed by atoms with Crippen LogP contribution in [0.4, 0.5) is 0 Å². The molecular formula is C14H26N2O. The summed E-state index contributed by atoms with van der Waals surface area (Å²) in [4.78, 5) is 2.66. The van der Waals surface area contributed by atoms with E-state index < -0.39 is 0 Å². The first-order valence-corrected chi connectivity index (χ1v) is 7.43. The van der Waals surface area contributed by atoms with Gasteiger partial charge in [-0.1, -0.05) is 19.8 Å². The molecule has 2 atom stereocenters. The van der Waals surface area contributed by atoms with E-state index in [0.29, 0.717) is 0 Å². The minimum atomic E-state index is 0.0584. The molecule has 98 valence electrons.